The number of Topliss-reactive ketones (excluding diaryl/α,β-unsaturated/α-hetero) is 1. The molecule has 0 atom stereocenters. The van der Waals surface area contributed by atoms with E-state index in [0.717, 1.165) is 5.56 Å². The van der Waals surface area contributed by atoms with Gasteiger partial charge in [0.25, 0.3) is 0 Å². The van der Waals surface area contributed by atoms with Crippen LogP contribution in [0.1, 0.15) is 12.0 Å². The molecule has 1 heterocycles. The predicted octanol–water partition coefficient (Wildman–Crippen LogP) is 2.80. The van der Waals surface area contributed by atoms with E-state index >= 15 is 0 Å². The Labute approximate surface area is 128 Å². The van der Waals surface area contributed by atoms with Gasteiger partial charge in [-0.1, -0.05) is 6.07 Å². The molecule has 0 aliphatic rings. The number of nitrogens with two attached hydrogens (primary N) is 1. The number of nitrogen functional groups attached to an aromatic ring is 1. The van der Waals surface area contributed by atoms with Crippen LogP contribution in [0.4, 0.5) is 23.4 Å². The number of rotatable bonds is 6. The molecule has 0 radical (unpaired) electrons. The van der Waals surface area contributed by atoms with Gasteiger partial charge in [-0.2, -0.15) is 8.78 Å². The molecule has 0 aliphatic carbocycles. The van der Waals surface area contributed by atoms with E-state index in [9.17, 15) is 22.4 Å². The lowest BCUT2D eigenvalue weighted by atomic mass is 10.1. The highest BCUT2D eigenvalue weighted by atomic mass is 19.2. The molecule has 4 nitrogen and oxygen atoms in total. The first kappa shape index (κ1) is 16.7. The number of ketones is 1. The fraction of sp³-hybridized carbons (Fsp3) is 0.200. The van der Waals surface area contributed by atoms with E-state index in [1.807, 2.05) is 0 Å². The number of anilines is 1. The van der Waals surface area contributed by atoms with E-state index in [2.05, 4.69) is 9.72 Å². The Balaban J connectivity index is 1.93. The Hall–Kier alpha value is -2.64. The van der Waals surface area contributed by atoms with Gasteiger partial charge in [0.1, 0.15) is 12.4 Å². The van der Waals surface area contributed by atoms with Gasteiger partial charge in [0.15, 0.2) is 23.2 Å². The Kier molecular flexibility index (Phi) is 5.15. The number of carbonyl (C=O) groups excluding carboxylic acids is 1. The summed E-state index contributed by atoms with van der Waals surface area (Å²) in [4.78, 5) is 15.5. The Morgan fingerprint density at radius 3 is 2.35 bits per heavy atom. The quantitative estimate of drug-likeness (QED) is 0.654. The van der Waals surface area contributed by atoms with Crippen molar-refractivity contribution in [3.63, 3.8) is 0 Å². The maximum absolute atomic E-state index is 13.3. The molecule has 1 aromatic carbocycles. The molecule has 2 aromatic rings. The number of ether oxygens (including phenoxy) is 1. The van der Waals surface area contributed by atoms with Gasteiger partial charge >= 0.3 is 0 Å². The molecule has 0 saturated carbocycles. The minimum atomic E-state index is -1.68. The van der Waals surface area contributed by atoms with Crippen molar-refractivity contribution in [3.8, 4) is 5.75 Å². The van der Waals surface area contributed by atoms with Crippen molar-refractivity contribution in [1.82, 2.24) is 4.98 Å². The first-order chi connectivity index (χ1) is 10.9. The Morgan fingerprint density at radius 1 is 1.13 bits per heavy atom. The summed E-state index contributed by atoms with van der Waals surface area (Å²) in [6.07, 6.45) is 1.81. The topological polar surface area (TPSA) is 65.2 Å². The Bertz CT molecular complexity index is 694. The molecule has 0 fully saturated rings. The second-order valence-electron chi connectivity index (χ2n) is 4.72. The summed E-state index contributed by atoms with van der Waals surface area (Å²) in [6, 6.07) is 3.31. The maximum Gasteiger partial charge on any atom is 0.203 e. The third kappa shape index (κ3) is 4.18. The number of nitrogens with zero attached hydrogens (tertiary/aromatic N) is 1. The third-order valence-corrected chi connectivity index (χ3v) is 2.99. The number of hydrogen-bond acceptors (Lipinski definition) is 4. The van der Waals surface area contributed by atoms with Gasteiger partial charge in [0.2, 0.25) is 11.6 Å². The molecule has 0 spiro atoms. The average molecular weight is 328 g/mol. The lowest BCUT2D eigenvalue weighted by Crippen LogP contribution is -2.14. The first-order valence-electron chi connectivity index (χ1n) is 6.56. The van der Waals surface area contributed by atoms with Crippen LogP contribution in [0, 0.1) is 23.3 Å². The van der Waals surface area contributed by atoms with Crippen molar-refractivity contribution in [3.05, 3.63) is 53.2 Å². The zero-order valence-corrected chi connectivity index (χ0v) is 11.8. The molecule has 0 bridgehead atoms. The predicted molar refractivity (Wildman–Crippen MR) is 73.7 cm³/mol. The highest BCUT2D eigenvalue weighted by Crippen LogP contribution is 2.26. The van der Waals surface area contributed by atoms with Gasteiger partial charge in [-0.25, -0.2) is 13.8 Å². The summed E-state index contributed by atoms with van der Waals surface area (Å²) in [7, 11) is 0. The maximum atomic E-state index is 13.3. The monoisotopic (exact) mass is 328 g/mol. The lowest BCUT2D eigenvalue weighted by Gasteiger charge is -2.09. The van der Waals surface area contributed by atoms with Crippen LogP contribution in [0.5, 0.6) is 5.75 Å². The molecule has 1 aromatic heterocycles. The van der Waals surface area contributed by atoms with Crippen molar-refractivity contribution in [2.24, 2.45) is 0 Å². The largest absolute Gasteiger partial charge is 0.480 e. The summed E-state index contributed by atoms with van der Waals surface area (Å²) < 4.78 is 57.2. The number of aromatic nitrogens is 1. The second-order valence-corrected chi connectivity index (χ2v) is 4.72. The minimum absolute atomic E-state index is 0.00658. The summed E-state index contributed by atoms with van der Waals surface area (Å²) in [5.74, 6) is -7.96. The van der Waals surface area contributed by atoms with Gasteiger partial charge in [-0.15, -0.1) is 0 Å². The molecule has 0 aliphatic heterocycles. The molecule has 8 heteroatoms. The van der Waals surface area contributed by atoms with E-state index in [1.54, 1.807) is 12.1 Å². The summed E-state index contributed by atoms with van der Waals surface area (Å²) in [5, 5.41) is 0. The SMILES string of the molecule is Nc1ccc(CCC(=O)COc2c(F)c(F)cc(F)c2F)cn1. The van der Waals surface area contributed by atoms with Crippen LogP contribution in [-0.4, -0.2) is 17.4 Å². The van der Waals surface area contributed by atoms with Gasteiger partial charge in [0.05, 0.1) is 0 Å². The van der Waals surface area contributed by atoms with Gasteiger partial charge in [-0.3, -0.25) is 4.79 Å². The molecular weight excluding hydrogens is 316 g/mol. The molecule has 2 N–H and O–H groups in total. The highest BCUT2D eigenvalue weighted by molar-refractivity contribution is 5.80. The number of halogens is 4. The number of benzene rings is 1. The van der Waals surface area contributed by atoms with E-state index in [0.29, 0.717) is 12.2 Å². The van der Waals surface area contributed by atoms with Crippen molar-refractivity contribution in [1.29, 1.82) is 0 Å². The van der Waals surface area contributed by atoms with Gasteiger partial charge < -0.3 is 10.5 Å². The smallest absolute Gasteiger partial charge is 0.203 e. The summed E-state index contributed by atoms with van der Waals surface area (Å²) in [6.45, 7) is -0.709. The summed E-state index contributed by atoms with van der Waals surface area (Å²) in [5.41, 5.74) is 6.15. The summed E-state index contributed by atoms with van der Waals surface area (Å²) >= 11 is 0. The van der Waals surface area contributed by atoms with Crippen LogP contribution in [-0.2, 0) is 11.2 Å². The van der Waals surface area contributed by atoms with Crippen LogP contribution < -0.4 is 10.5 Å². The Morgan fingerprint density at radius 2 is 1.78 bits per heavy atom. The van der Waals surface area contributed by atoms with Gasteiger partial charge in [0, 0.05) is 18.7 Å². The zero-order valence-electron chi connectivity index (χ0n) is 11.8. The van der Waals surface area contributed by atoms with Crippen molar-refractivity contribution in [2.75, 3.05) is 12.3 Å². The van der Waals surface area contributed by atoms with Crippen LogP contribution in [0.25, 0.3) is 0 Å². The van der Waals surface area contributed by atoms with Crippen molar-refractivity contribution in [2.45, 2.75) is 12.8 Å². The van der Waals surface area contributed by atoms with Crippen LogP contribution in [0.15, 0.2) is 24.4 Å². The second kappa shape index (κ2) is 7.08. The van der Waals surface area contributed by atoms with E-state index in [1.165, 1.54) is 6.20 Å². The minimum Gasteiger partial charge on any atom is -0.480 e. The fourth-order valence-electron chi connectivity index (χ4n) is 1.77. The standard InChI is InChI=1S/C15H12F4N2O2/c16-10-5-11(17)14(19)15(13(10)18)23-7-9(22)3-1-8-2-4-12(20)21-6-8/h2,4-6H,1,3,7H2,(H2,20,21). The fourth-order valence-corrected chi connectivity index (χ4v) is 1.77. The average Bonchev–Trinajstić information content (AvgIpc) is 2.52. The first-order valence-corrected chi connectivity index (χ1v) is 6.56. The molecular formula is C15H12F4N2O2. The zero-order chi connectivity index (χ0) is 17.0. The van der Waals surface area contributed by atoms with E-state index in [-0.39, 0.29) is 12.5 Å². The normalized spacial score (nSPS) is 10.6. The molecule has 2 rings (SSSR count). The highest BCUT2D eigenvalue weighted by Gasteiger charge is 2.21. The number of hydrogen-bond donors (Lipinski definition) is 1. The lowest BCUT2D eigenvalue weighted by molar-refractivity contribution is -0.121. The molecule has 0 unspecified atom stereocenters. The van der Waals surface area contributed by atoms with E-state index < -0.39 is 41.4 Å². The number of carbonyl (C=O) groups is 1. The van der Waals surface area contributed by atoms with E-state index in [4.69, 9.17) is 5.73 Å². The molecule has 122 valence electrons. The third-order valence-electron chi connectivity index (χ3n) is 2.99. The van der Waals surface area contributed by atoms with Crippen molar-refractivity contribution >= 4 is 11.6 Å². The molecule has 23 heavy (non-hydrogen) atoms. The molecule has 0 amide bonds. The number of pyridine rings is 1. The molecule has 0 saturated heterocycles. The van der Waals surface area contributed by atoms with Crippen LogP contribution in [0.2, 0.25) is 0 Å². The van der Waals surface area contributed by atoms with Crippen molar-refractivity contribution < 1.29 is 27.1 Å². The number of aryl methyl sites for hydroxylation is 1. The van der Waals surface area contributed by atoms with Crippen LogP contribution in [0.3, 0.4) is 0 Å². The van der Waals surface area contributed by atoms with Crippen LogP contribution >= 0.6 is 0 Å². The van der Waals surface area contributed by atoms with Gasteiger partial charge in [-0.05, 0) is 18.1 Å².